The molecule has 0 aliphatic heterocycles. The molecule has 0 aromatic heterocycles. The lowest BCUT2D eigenvalue weighted by Gasteiger charge is -2.14. The van der Waals surface area contributed by atoms with Crippen molar-refractivity contribution in [3.63, 3.8) is 0 Å². The summed E-state index contributed by atoms with van der Waals surface area (Å²) in [5.41, 5.74) is 1.24. The van der Waals surface area contributed by atoms with E-state index in [1.807, 2.05) is 18.2 Å². The summed E-state index contributed by atoms with van der Waals surface area (Å²) in [5, 5.41) is 0. The van der Waals surface area contributed by atoms with Crippen molar-refractivity contribution in [3.05, 3.63) is 48.6 Å². The first-order chi connectivity index (χ1) is 6.38. The van der Waals surface area contributed by atoms with Gasteiger partial charge in [-0.25, -0.2) is 0 Å². The molecule has 0 spiro atoms. The highest BCUT2D eigenvalue weighted by atomic mass is 16.5. The Labute approximate surface area is 80.0 Å². The average Bonchev–Trinajstić information content (AvgIpc) is 2.21. The van der Waals surface area contributed by atoms with Gasteiger partial charge in [0, 0.05) is 0 Å². The normalized spacial score (nSPS) is 12.4. The first kappa shape index (κ1) is 10.0. The number of hydrogen-bond acceptors (Lipinski definition) is 1. The van der Waals surface area contributed by atoms with Crippen LogP contribution in [0.1, 0.15) is 25.0 Å². The van der Waals surface area contributed by atoms with Gasteiger partial charge in [0.25, 0.3) is 0 Å². The van der Waals surface area contributed by atoms with Gasteiger partial charge < -0.3 is 4.74 Å². The smallest absolute Gasteiger partial charge is 0.0826 e. The third kappa shape index (κ3) is 3.03. The van der Waals surface area contributed by atoms with Gasteiger partial charge in [0.2, 0.25) is 0 Å². The molecule has 0 aliphatic carbocycles. The van der Waals surface area contributed by atoms with E-state index >= 15 is 0 Å². The molecule has 1 aromatic carbocycles. The molecule has 0 saturated heterocycles. The average molecular weight is 176 g/mol. The highest BCUT2D eigenvalue weighted by Gasteiger charge is 2.06. The Morgan fingerprint density at radius 2 is 2.08 bits per heavy atom. The Balaban J connectivity index is 2.61. The van der Waals surface area contributed by atoms with Crippen molar-refractivity contribution in [3.8, 4) is 0 Å². The number of benzene rings is 1. The summed E-state index contributed by atoms with van der Waals surface area (Å²) in [4.78, 5) is 0. The van der Waals surface area contributed by atoms with Crippen LogP contribution in [0.2, 0.25) is 0 Å². The molecule has 0 N–H and O–H groups in total. The van der Waals surface area contributed by atoms with Crippen LogP contribution in [0.15, 0.2) is 43.0 Å². The van der Waals surface area contributed by atoms with E-state index in [2.05, 4.69) is 25.6 Å². The zero-order chi connectivity index (χ0) is 9.52. The van der Waals surface area contributed by atoms with E-state index in [4.69, 9.17) is 4.74 Å². The van der Waals surface area contributed by atoms with E-state index in [0.29, 0.717) is 6.61 Å². The van der Waals surface area contributed by atoms with Gasteiger partial charge in [-0.1, -0.05) is 43.3 Å². The minimum Gasteiger partial charge on any atom is -0.370 e. The first-order valence-electron chi connectivity index (χ1n) is 4.66. The van der Waals surface area contributed by atoms with Crippen LogP contribution in [0.25, 0.3) is 0 Å². The summed E-state index contributed by atoms with van der Waals surface area (Å²) in [5.74, 6) is 0. The van der Waals surface area contributed by atoms with Gasteiger partial charge in [0.05, 0.1) is 12.7 Å². The van der Waals surface area contributed by atoms with Crippen molar-refractivity contribution >= 4 is 0 Å². The largest absolute Gasteiger partial charge is 0.370 e. The molecule has 13 heavy (non-hydrogen) atoms. The molecule has 0 aliphatic rings. The van der Waals surface area contributed by atoms with E-state index in [9.17, 15) is 0 Å². The molecule has 1 heteroatoms. The van der Waals surface area contributed by atoms with Crippen LogP contribution in [0, 0.1) is 0 Å². The summed E-state index contributed by atoms with van der Waals surface area (Å²) in [7, 11) is 0. The maximum absolute atomic E-state index is 5.61. The molecule has 1 rings (SSSR count). The van der Waals surface area contributed by atoms with Crippen LogP contribution >= 0.6 is 0 Å². The van der Waals surface area contributed by atoms with Crippen LogP contribution in [-0.4, -0.2) is 6.61 Å². The molecule has 0 amide bonds. The van der Waals surface area contributed by atoms with Crippen LogP contribution in [-0.2, 0) is 4.74 Å². The number of rotatable bonds is 5. The lowest BCUT2D eigenvalue weighted by atomic mass is 10.1. The quantitative estimate of drug-likeness (QED) is 0.625. The minimum atomic E-state index is 0.208. The van der Waals surface area contributed by atoms with E-state index in [1.165, 1.54) is 5.56 Å². The minimum absolute atomic E-state index is 0.208. The summed E-state index contributed by atoms with van der Waals surface area (Å²) in [6.45, 7) is 6.38. The van der Waals surface area contributed by atoms with Crippen molar-refractivity contribution in [1.29, 1.82) is 0 Å². The third-order valence-corrected chi connectivity index (χ3v) is 1.96. The summed E-state index contributed by atoms with van der Waals surface area (Å²) < 4.78 is 5.61. The maximum Gasteiger partial charge on any atom is 0.0826 e. The van der Waals surface area contributed by atoms with Gasteiger partial charge in [-0.3, -0.25) is 0 Å². The second-order valence-electron chi connectivity index (χ2n) is 2.93. The van der Waals surface area contributed by atoms with Gasteiger partial charge in [-0.15, -0.1) is 6.58 Å². The fraction of sp³-hybridized carbons (Fsp3) is 0.333. The van der Waals surface area contributed by atoms with Crippen molar-refractivity contribution in [2.45, 2.75) is 19.4 Å². The Hall–Kier alpha value is -1.08. The van der Waals surface area contributed by atoms with E-state index < -0.39 is 0 Å². The molecular weight excluding hydrogens is 160 g/mol. The zero-order valence-corrected chi connectivity index (χ0v) is 8.07. The van der Waals surface area contributed by atoms with Crippen LogP contribution in [0.5, 0.6) is 0 Å². The SMILES string of the molecule is C=CCOC(CC)c1ccccc1. The Morgan fingerprint density at radius 3 is 2.62 bits per heavy atom. The number of hydrogen-bond donors (Lipinski definition) is 0. The molecule has 0 heterocycles. The van der Waals surface area contributed by atoms with Crippen LogP contribution in [0.3, 0.4) is 0 Å². The summed E-state index contributed by atoms with van der Waals surface area (Å²) >= 11 is 0. The van der Waals surface area contributed by atoms with Crippen molar-refractivity contribution < 1.29 is 4.74 Å². The van der Waals surface area contributed by atoms with Gasteiger partial charge in [-0.05, 0) is 12.0 Å². The first-order valence-corrected chi connectivity index (χ1v) is 4.66. The third-order valence-electron chi connectivity index (χ3n) is 1.96. The molecule has 0 fully saturated rings. The van der Waals surface area contributed by atoms with Crippen LogP contribution < -0.4 is 0 Å². The van der Waals surface area contributed by atoms with E-state index in [0.717, 1.165) is 6.42 Å². The monoisotopic (exact) mass is 176 g/mol. The molecule has 0 radical (unpaired) electrons. The molecule has 1 aromatic rings. The Kier molecular flexibility index (Phi) is 4.27. The standard InChI is InChI=1S/C12H16O/c1-3-10-13-12(4-2)11-8-6-5-7-9-11/h3,5-9,12H,1,4,10H2,2H3. The van der Waals surface area contributed by atoms with Crippen molar-refractivity contribution in [1.82, 2.24) is 0 Å². The second-order valence-corrected chi connectivity index (χ2v) is 2.93. The van der Waals surface area contributed by atoms with Crippen molar-refractivity contribution in [2.75, 3.05) is 6.61 Å². The molecule has 70 valence electrons. The molecular formula is C12H16O. The van der Waals surface area contributed by atoms with Gasteiger partial charge in [-0.2, -0.15) is 0 Å². The number of ether oxygens (including phenoxy) is 1. The molecule has 1 nitrogen and oxygen atoms in total. The topological polar surface area (TPSA) is 9.23 Å². The van der Waals surface area contributed by atoms with Gasteiger partial charge in [0.1, 0.15) is 0 Å². The molecule has 1 atom stereocenters. The summed E-state index contributed by atoms with van der Waals surface area (Å²) in [6, 6.07) is 10.3. The maximum atomic E-state index is 5.61. The lowest BCUT2D eigenvalue weighted by Crippen LogP contribution is -2.02. The van der Waals surface area contributed by atoms with E-state index in [1.54, 1.807) is 6.08 Å². The van der Waals surface area contributed by atoms with E-state index in [-0.39, 0.29) is 6.10 Å². The fourth-order valence-electron chi connectivity index (χ4n) is 1.30. The molecule has 1 unspecified atom stereocenters. The highest BCUT2D eigenvalue weighted by molar-refractivity contribution is 5.17. The Morgan fingerprint density at radius 1 is 1.38 bits per heavy atom. The molecule has 0 bridgehead atoms. The van der Waals surface area contributed by atoms with Crippen LogP contribution in [0.4, 0.5) is 0 Å². The van der Waals surface area contributed by atoms with Gasteiger partial charge >= 0.3 is 0 Å². The molecule has 0 saturated carbocycles. The fourth-order valence-corrected chi connectivity index (χ4v) is 1.30. The Bertz CT molecular complexity index is 241. The van der Waals surface area contributed by atoms with Gasteiger partial charge in [0.15, 0.2) is 0 Å². The predicted molar refractivity (Wildman–Crippen MR) is 55.6 cm³/mol. The summed E-state index contributed by atoms with van der Waals surface area (Å²) in [6.07, 6.45) is 2.99. The predicted octanol–water partition coefficient (Wildman–Crippen LogP) is 3.34. The lowest BCUT2D eigenvalue weighted by molar-refractivity contribution is 0.0714. The second kappa shape index (κ2) is 5.55. The highest BCUT2D eigenvalue weighted by Crippen LogP contribution is 2.19. The van der Waals surface area contributed by atoms with Crippen molar-refractivity contribution in [2.24, 2.45) is 0 Å². The zero-order valence-electron chi connectivity index (χ0n) is 8.07.